The minimum Gasteiger partial charge on any atom is -0.491 e. The summed E-state index contributed by atoms with van der Waals surface area (Å²) in [4.78, 5) is 70.8. The monoisotopic (exact) mass is 936 g/mol. The summed E-state index contributed by atoms with van der Waals surface area (Å²) < 4.78 is 46.9. The Labute approximate surface area is 389 Å². The lowest BCUT2D eigenvalue weighted by atomic mass is 9.71. The van der Waals surface area contributed by atoms with E-state index in [4.69, 9.17) is 42.6 Å². The maximum absolute atomic E-state index is 12.1. The van der Waals surface area contributed by atoms with E-state index < -0.39 is 59.5 Å². The van der Waals surface area contributed by atoms with Gasteiger partial charge in [-0.15, -0.1) is 0 Å². The fraction of sp³-hybridized carbons (Fsp3) is 0.429. The lowest BCUT2D eigenvalue weighted by Gasteiger charge is -2.32. The molecule has 0 fully saturated rings. The van der Waals surface area contributed by atoms with Crippen LogP contribution in [0.3, 0.4) is 0 Å². The fourth-order valence-electron chi connectivity index (χ4n) is 5.75. The van der Waals surface area contributed by atoms with E-state index in [0.717, 1.165) is 16.7 Å². The predicted molar refractivity (Wildman–Crippen MR) is 239 cm³/mol. The van der Waals surface area contributed by atoms with Crippen molar-refractivity contribution in [1.29, 1.82) is 0 Å². The largest absolute Gasteiger partial charge is 0.491 e. The van der Waals surface area contributed by atoms with Crippen molar-refractivity contribution < 1.29 is 86.7 Å². The molecule has 0 radical (unpaired) electrons. The molecule has 0 saturated carbocycles. The number of hydrogen-bond donors (Lipinski definition) is 3. The van der Waals surface area contributed by atoms with E-state index in [-0.39, 0.29) is 96.3 Å². The maximum atomic E-state index is 12.1. The van der Waals surface area contributed by atoms with Gasteiger partial charge >= 0.3 is 35.8 Å². The normalized spacial score (nSPS) is 13.0. The van der Waals surface area contributed by atoms with Crippen molar-refractivity contribution in [3.8, 4) is 17.2 Å². The molecule has 0 amide bonds. The van der Waals surface area contributed by atoms with Crippen molar-refractivity contribution in [2.45, 2.75) is 77.1 Å². The van der Waals surface area contributed by atoms with E-state index in [1.54, 1.807) is 31.2 Å². The molecule has 0 aliphatic heterocycles. The molecule has 3 atom stereocenters. The molecule has 3 unspecified atom stereocenters. The topological polar surface area (TPSA) is 246 Å². The summed E-state index contributed by atoms with van der Waals surface area (Å²) in [5.41, 5.74) is 2.29. The highest BCUT2D eigenvalue weighted by Gasteiger charge is 2.32. The highest BCUT2D eigenvalue weighted by atomic mass is 16.6. The van der Waals surface area contributed by atoms with Gasteiger partial charge in [-0.3, -0.25) is 19.2 Å². The Bertz CT molecular complexity index is 1970. The van der Waals surface area contributed by atoms with Crippen molar-refractivity contribution in [1.82, 2.24) is 0 Å². The fourth-order valence-corrected chi connectivity index (χ4v) is 5.75. The quantitative estimate of drug-likeness (QED) is 0.0278. The van der Waals surface area contributed by atoms with E-state index in [2.05, 4.69) is 13.2 Å². The van der Waals surface area contributed by atoms with E-state index >= 15 is 0 Å². The molecule has 0 spiro atoms. The van der Waals surface area contributed by atoms with Crippen molar-refractivity contribution in [3.63, 3.8) is 0 Å². The van der Waals surface area contributed by atoms with Crippen LogP contribution in [0.1, 0.15) is 70.1 Å². The zero-order valence-electron chi connectivity index (χ0n) is 38.2. The second-order valence-electron chi connectivity index (χ2n) is 15.4. The first kappa shape index (κ1) is 54.6. The first-order chi connectivity index (χ1) is 31.9. The third kappa shape index (κ3) is 20.1. The molecule has 18 nitrogen and oxygen atoms in total. The molecular formula is C49H60O18. The number of benzene rings is 3. The summed E-state index contributed by atoms with van der Waals surface area (Å²) in [6.07, 6.45) is -4.07. The van der Waals surface area contributed by atoms with Gasteiger partial charge in [-0.2, -0.15) is 0 Å². The van der Waals surface area contributed by atoms with E-state index in [9.17, 15) is 44.1 Å². The van der Waals surface area contributed by atoms with Crippen LogP contribution >= 0.6 is 0 Å². The van der Waals surface area contributed by atoms with E-state index in [0.29, 0.717) is 17.2 Å². The highest BCUT2D eigenvalue weighted by Crippen LogP contribution is 2.40. The SMILES string of the molecule is C=C(C)C(=O)OCCOC(=O)CCC(=O)OCC(O)COc1ccc(C(C)(c2ccc(OCC(C)O)cc2)c2ccc(OCC(O)COC(=O)CCC(=O)OCCOC(=O)C(=C)C)cc2)cc1. The lowest BCUT2D eigenvalue weighted by molar-refractivity contribution is -0.154. The van der Waals surface area contributed by atoms with Crippen LogP contribution in [-0.4, -0.2) is 129 Å². The van der Waals surface area contributed by atoms with E-state index in [1.165, 1.54) is 13.8 Å². The Morgan fingerprint density at radius 1 is 0.463 bits per heavy atom. The predicted octanol–water partition coefficient (Wildman–Crippen LogP) is 4.25. The zero-order chi connectivity index (χ0) is 49.4. The Hall–Kier alpha value is -6.76. The van der Waals surface area contributed by atoms with Crippen molar-refractivity contribution in [2.24, 2.45) is 0 Å². The van der Waals surface area contributed by atoms with Crippen molar-refractivity contribution >= 4 is 35.8 Å². The van der Waals surface area contributed by atoms with Gasteiger partial charge in [-0.05, 0) is 80.8 Å². The number of ether oxygens (including phenoxy) is 9. The third-order valence-corrected chi connectivity index (χ3v) is 9.47. The molecule has 364 valence electrons. The number of esters is 6. The molecule has 0 bridgehead atoms. The van der Waals surface area contributed by atoms with Gasteiger partial charge in [-0.25, -0.2) is 9.59 Å². The Morgan fingerprint density at radius 3 is 1.04 bits per heavy atom. The summed E-state index contributed by atoms with van der Waals surface area (Å²) in [7, 11) is 0. The van der Waals surface area contributed by atoms with Crippen LogP contribution in [0.25, 0.3) is 0 Å². The second kappa shape index (κ2) is 28.3. The molecule has 0 aromatic heterocycles. The van der Waals surface area contributed by atoms with Crippen LogP contribution in [0.4, 0.5) is 0 Å². The molecule has 0 aliphatic rings. The average molecular weight is 937 g/mol. The molecule has 67 heavy (non-hydrogen) atoms. The zero-order valence-corrected chi connectivity index (χ0v) is 38.2. The molecule has 3 N–H and O–H groups in total. The number of aliphatic hydroxyl groups is 3. The number of carbonyl (C=O) groups is 6. The Morgan fingerprint density at radius 2 is 0.746 bits per heavy atom. The molecular weight excluding hydrogens is 877 g/mol. The van der Waals surface area contributed by atoms with Crippen LogP contribution < -0.4 is 14.2 Å². The van der Waals surface area contributed by atoms with Crippen LogP contribution in [0.5, 0.6) is 17.2 Å². The van der Waals surface area contributed by atoms with Gasteiger partial charge in [0.05, 0.1) is 31.8 Å². The summed E-state index contributed by atoms with van der Waals surface area (Å²) >= 11 is 0. The van der Waals surface area contributed by atoms with Gasteiger partial charge in [0.2, 0.25) is 0 Å². The standard InChI is InChI=1S/C49H60O18/c1-32(2)47(57)61-25-23-59-43(53)19-21-45(55)66-30-38(51)28-64-41-15-9-36(10-16-41)49(6,35-7-13-40(14-8-35)63-27-34(5)50)37-11-17-42(18-12-37)65-29-39(52)31-67-46(56)22-20-44(54)60-24-26-62-48(58)33(3)4/h7-18,34,38-39,50-52H,1,3,19-31H2,2,4-6H3. The minimum atomic E-state index is -1.17. The third-order valence-electron chi connectivity index (χ3n) is 9.47. The summed E-state index contributed by atoms with van der Waals surface area (Å²) in [5, 5.41) is 30.5. The van der Waals surface area contributed by atoms with Crippen LogP contribution in [0, 0.1) is 0 Å². The Balaban J connectivity index is 1.54. The van der Waals surface area contributed by atoms with Crippen LogP contribution in [-0.2, 0) is 62.6 Å². The molecule has 3 aromatic rings. The summed E-state index contributed by atoms with van der Waals surface area (Å²) in [6, 6.07) is 21.9. The van der Waals surface area contributed by atoms with Crippen molar-refractivity contribution in [2.75, 3.05) is 59.5 Å². The maximum Gasteiger partial charge on any atom is 0.333 e. The smallest absolute Gasteiger partial charge is 0.333 e. The van der Waals surface area contributed by atoms with Crippen LogP contribution in [0.15, 0.2) is 97.1 Å². The van der Waals surface area contributed by atoms with Gasteiger partial charge in [0.1, 0.15) is 88.9 Å². The molecule has 0 aliphatic carbocycles. The van der Waals surface area contributed by atoms with Crippen LogP contribution in [0.2, 0.25) is 0 Å². The first-order valence-corrected chi connectivity index (χ1v) is 21.4. The summed E-state index contributed by atoms with van der Waals surface area (Å²) in [5.74, 6) is -2.58. The first-order valence-electron chi connectivity index (χ1n) is 21.4. The van der Waals surface area contributed by atoms with Gasteiger partial charge in [0.25, 0.3) is 0 Å². The van der Waals surface area contributed by atoms with Gasteiger partial charge in [0, 0.05) is 16.6 Å². The van der Waals surface area contributed by atoms with Gasteiger partial charge in [-0.1, -0.05) is 49.6 Å². The molecule has 18 heteroatoms. The molecule has 3 rings (SSSR count). The molecule has 3 aromatic carbocycles. The van der Waals surface area contributed by atoms with E-state index in [1.807, 2.05) is 55.5 Å². The highest BCUT2D eigenvalue weighted by molar-refractivity contribution is 5.87. The van der Waals surface area contributed by atoms with Crippen molar-refractivity contribution in [3.05, 3.63) is 114 Å². The number of hydrogen-bond acceptors (Lipinski definition) is 18. The second-order valence-corrected chi connectivity index (χ2v) is 15.4. The Kier molecular flexibility index (Phi) is 23.1. The number of rotatable bonds is 30. The number of carbonyl (C=O) groups excluding carboxylic acids is 6. The number of aliphatic hydroxyl groups excluding tert-OH is 3. The van der Waals surface area contributed by atoms with Gasteiger partial charge in [0.15, 0.2) is 0 Å². The van der Waals surface area contributed by atoms with Gasteiger partial charge < -0.3 is 58.0 Å². The summed E-state index contributed by atoms with van der Waals surface area (Å²) in [6.45, 7) is 11.9. The molecule has 0 saturated heterocycles. The average Bonchev–Trinajstić information content (AvgIpc) is 3.31. The lowest BCUT2D eigenvalue weighted by Crippen LogP contribution is -2.26. The minimum absolute atomic E-state index is 0.124. The molecule has 0 heterocycles.